The van der Waals surface area contributed by atoms with E-state index in [2.05, 4.69) is 19.1 Å². The van der Waals surface area contributed by atoms with E-state index in [9.17, 15) is 0 Å². The van der Waals surface area contributed by atoms with Crippen LogP contribution in [0.1, 0.15) is 33.1 Å². The van der Waals surface area contributed by atoms with Crippen molar-refractivity contribution in [2.24, 2.45) is 0 Å². The third kappa shape index (κ3) is 3.37. The normalized spacial score (nSPS) is 31.2. The molecule has 0 spiro atoms. The first-order valence-electron chi connectivity index (χ1n) is 4.75. The summed E-state index contributed by atoms with van der Waals surface area (Å²) in [5, 5.41) is 0. The molecule has 0 bridgehead atoms. The molecule has 2 unspecified atom stereocenters. The van der Waals surface area contributed by atoms with Crippen LogP contribution in [-0.2, 0) is 9.47 Å². The molecule has 12 heavy (non-hydrogen) atoms. The van der Waals surface area contributed by atoms with Gasteiger partial charge in [-0.3, -0.25) is 0 Å². The minimum Gasteiger partial charge on any atom is -0.353 e. The van der Waals surface area contributed by atoms with E-state index in [0.717, 1.165) is 25.9 Å². The van der Waals surface area contributed by atoms with E-state index in [4.69, 9.17) is 9.47 Å². The van der Waals surface area contributed by atoms with Crippen LogP contribution >= 0.6 is 0 Å². The summed E-state index contributed by atoms with van der Waals surface area (Å²) in [4.78, 5) is 0. The van der Waals surface area contributed by atoms with Gasteiger partial charge in [-0.05, 0) is 26.2 Å². The highest BCUT2D eigenvalue weighted by atomic mass is 16.7. The fraction of sp³-hybridized carbons (Fsp3) is 0.800. The van der Waals surface area contributed by atoms with Gasteiger partial charge in [-0.1, -0.05) is 19.1 Å². The largest absolute Gasteiger partial charge is 0.353 e. The third-order valence-corrected chi connectivity index (χ3v) is 1.98. The molecule has 0 aromatic heterocycles. The zero-order valence-corrected chi connectivity index (χ0v) is 7.95. The zero-order chi connectivity index (χ0) is 8.81. The fourth-order valence-electron chi connectivity index (χ4n) is 1.33. The second-order valence-corrected chi connectivity index (χ2v) is 3.10. The van der Waals surface area contributed by atoms with Gasteiger partial charge in [0.1, 0.15) is 0 Å². The number of hydrogen-bond donors (Lipinski definition) is 0. The highest BCUT2D eigenvalue weighted by Crippen LogP contribution is 2.15. The molecule has 2 nitrogen and oxygen atoms in total. The zero-order valence-electron chi connectivity index (χ0n) is 7.95. The van der Waals surface area contributed by atoms with Gasteiger partial charge in [0.2, 0.25) is 0 Å². The van der Waals surface area contributed by atoms with Crippen molar-refractivity contribution in [2.45, 2.75) is 45.5 Å². The Morgan fingerprint density at radius 3 is 2.92 bits per heavy atom. The van der Waals surface area contributed by atoms with Crippen molar-refractivity contribution < 1.29 is 9.47 Å². The summed E-state index contributed by atoms with van der Waals surface area (Å²) in [7, 11) is 0. The lowest BCUT2D eigenvalue weighted by Crippen LogP contribution is -2.29. The molecular formula is C10H18O2. The van der Waals surface area contributed by atoms with E-state index in [1.807, 2.05) is 6.92 Å². The lowest BCUT2D eigenvalue weighted by molar-refractivity contribution is -0.201. The van der Waals surface area contributed by atoms with Gasteiger partial charge in [-0.2, -0.15) is 0 Å². The summed E-state index contributed by atoms with van der Waals surface area (Å²) in [5.41, 5.74) is 0. The molecule has 0 radical (unpaired) electrons. The predicted molar refractivity (Wildman–Crippen MR) is 49.0 cm³/mol. The van der Waals surface area contributed by atoms with Gasteiger partial charge in [0.05, 0.1) is 12.7 Å². The van der Waals surface area contributed by atoms with Crippen LogP contribution in [0, 0.1) is 0 Å². The van der Waals surface area contributed by atoms with E-state index in [1.54, 1.807) is 0 Å². The third-order valence-electron chi connectivity index (χ3n) is 1.98. The lowest BCUT2D eigenvalue weighted by Gasteiger charge is -2.27. The molecule has 1 fully saturated rings. The summed E-state index contributed by atoms with van der Waals surface area (Å²) in [5.74, 6) is 0. The predicted octanol–water partition coefficient (Wildman–Crippen LogP) is 2.49. The topological polar surface area (TPSA) is 18.5 Å². The Morgan fingerprint density at radius 2 is 2.25 bits per heavy atom. The van der Waals surface area contributed by atoms with Crippen LogP contribution in [0.25, 0.3) is 0 Å². The van der Waals surface area contributed by atoms with Crippen molar-refractivity contribution in [3.63, 3.8) is 0 Å². The number of ether oxygens (including phenoxy) is 2. The summed E-state index contributed by atoms with van der Waals surface area (Å²) in [6.45, 7) is 4.94. The van der Waals surface area contributed by atoms with Crippen LogP contribution in [-0.4, -0.2) is 19.0 Å². The Balaban J connectivity index is 2.18. The monoisotopic (exact) mass is 170 g/mol. The van der Waals surface area contributed by atoms with Crippen molar-refractivity contribution in [3.8, 4) is 0 Å². The van der Waals surface area contributed by atoms with Crippen molar-refractivity contribution in [1.82, 2.24) is 0 Å². The van der Waals surface area contributed by atoms with Gasteiger partial charge < -0.3 is 9.47 Å². The first-order valence-corrected chi connectivity index (χ1v) is 4.75. The van der Waals surface area contributed by atoms with Crippen molar-refractivity contribution >= 4 is 0 Å². The van der Waals surface area contributed by atoms with Crippen LogP contribution in [0.5, 0.6) is 0 Å². The minimum atomic E-state index is -0.0150. The maximum Gasteiger partial charge on any atom is 0.155 e. The Morgan fingerprint density at radius 1 is 1.42 bits per heavy atom. The SMILES string of the molecule is CC/C=C\CC1CCOC(C)O1. The van der Waals surface area contributed by atoms with E-state index >= 15 is 0 Å². The van der Waals surface area contributed by atoms with E-state index < -0.39 is 0 Å². The van der Waals surface area contributed by atoms with Crippen LogP contribution in [0.15, 0.2) is 12.2 Å². The smallest absolute Gasteiger partial charge is 0.155 e. The Kier molecular flexibility index (Phi) is 4.33. The Labute approximate surface area is 74.6 Å². The van der Waals surface area contributed by atoms with Crippen LogP contribution < -0.4 is 0 Å². The molecule has 0 amide bonds. The van der Waals surface area contributed by atoms with Crippen molar-refractivity contribution in [1.29, 1.82) is 0 Å². The van der Waals surface area contributed by atoms with Crippen LogP contribution in [0.2, 0.25) is 0 Å². The molecule has 2 atom stereocenters. The molecule has 1 heterocycles. The molecule has 1 rings (SSSR count). The van der Waals surface area contributed by atoms with E-state index in [0.29, 0.717) is 6.10 Å². The summed E-state index contributed by atoms with van der Waals surface area (Å²) in [6.07, 6.45) is 7.90. The summed E-state index contributed by atoms with van der Waals surface area (Å²) in [6, 6.07) is 0. The highest BCUT2D eigenvalue weighted by molar-refractivity contribution is 4.84. The molecule has 1 aliphatic rings. The second kappa shape index (κ2) is 5.33. The van der Waals surface area contributed by atoms with E-state index in [-0.39, 0.29) is 6.29 Å². The van der Waals surface area contributed by atoms with Gasteiger partial charge >= 0.3 is 0 Å². The standard InChI is InChI=1S/C10H18O2/c1-3-4-5-6-10-7-8-11-9(2)12-10/h4-5,9-10H,3,6-8H2,1-2H3/b5-4-. The van der Waals surface area contributed by atoms with Gasteiger partial charge in [0.15, 0.2) is 6.29 Å². The number of allylic oxidation sites excluding steroid dienone is 1. The summed E-state index contributed by atoms with van der Waals surface area (Å²) >= 11 is 0. The molecule has 1 saturated heterocycles. The maximum absolute atomic E-state index is 5.56. The quantitative estimate of drug-likeness (QED) is 0.606. The average Bonchev–Trinajstić information content (AvgIpc) is 2.05. The first kappa shape index (κ1) is 9.75. The molecule has 1 aliphatic heterocycles. The van der Waals surface area contributed by atoms with Crippen LogP contribution in [0.4, 0.5) is 0 Å². The number of hydrogen-bond acceptors (Lipinski definition) is 2. The molecule has 0 N–H and O–H groups in total. The molecule has 0 saturated carbocycles. The average molecular weight is 170 g/mol. The van der Waals surface area contributed by atoms with Gasteiger partial charge in [-0.25, -0.2) is 0 Å². The first-order chi connectivity index (χ1) is 5.83. The Bertz CT molecular complexity index is 143. The second-order valence-electron chi connectivity index (χ2n) is 3.10. The minimum absolute atomic E-state index is 0.0150. The van der Waals surface area contributed by atoms with E-state index in [1.165, 1.54) is 0 Å². The molecular weight excluding hydrogens is 152 g/mol. The summed E-state index contributed by atoms with van der Waals surface area (Å²) < 4.78 is 10.8. The Hall–Kier alpha value is -0.340. The fourth-order valence-corrected chi connectivity index (χ4v) is 1.33. The molecule has 0 aliphatic carbocycles. The molecule has 70 valence electrons. The van der Waals surface area contributed by atoms with Gasteiger partial charge in [0.25, 0.3) is 0 Å². The molecule has 0 aromatic rings. The van der Waals surface area contributed by atoms with Crippen LogP contribution in [0.3, 0.4) is 0 Å². The molecule has 0 aromatic carbocycles. The van der Waals surface area contributed by atoms with Gasteiger partial charge in [0, 0.05) is 0 Å². The highest BCUT2D eigenvalue weighted by Gasteiger charge is 2.17. The van der Waals surface area contributed by atoms with Gasteiger partial charge in [-0.15, -0.1) is 0 Å². The lowest BCUT2D eigenvalue weighted by atomic mass is 10.1. The molecule has 2 heteroatoms. The van der Waals surface area contributed by atoms with Crippen molar-refractivity contribution in [3.05, 3.63) is 12.2 Å². The van der Waals surface area contributed by atoms with Crippen molar-refractivity contribution in [2.75, 3.05) is 6.61 Å². The number of rotatable bonds is 3. The maximum atomic E-state index is 5.56.